The molecule has 1 amide bonds. The van der Waals surface area contributed by atoms with Gasteiger partial charge in [0.2, 0.25) is 5.91 Å². The zero-order chi connectivity index (χ0) is 29.1. The van der Waals surface area contributed by atoms with Gasteiger partial charge in [0.15, 0.2) is 0 Å². The van der Waals surface area contributed by atoms with Crippen LogP contribution in [-0.2, 0) is 4.79 Å². The summed E-state index contributed by atoms with van der Waals surface area (Å²) in [4.78, 5) is 18.5. The number of likely N-dealkylation sites (tertiary alicyclic amines) is 1. The highest BCUT2D eigenvalue weighted by Gasteiger charge is 2.27. The molecule has 0 aliphatic carbocycles. The van der Waals surface area contributed by atoms with Gasteiger partial charge in [-0.05, 0) is 73.0 Å². The Morgan fingerprint density at radius 3 is 2.33 bits per heavy atom. The number of aromatic nitrogens is 3. The van der Waals surface area contributed by atoms with Crippen molar-refractivity contribution < 1.29 is 13.9 Å². The first kappa shape index (κ1) is 27.0. The zero-order valence-electron chi connectivity index (χ0n) is 23.0. The van der Waals surface area contributed by atoms with Gasteiger partial charge in [-0.15, -0.1) is 0 Å². The average Bonchev–Trinajstić information content (AvgIpc) is 3.44. The fourth-order valence-electron chi connectivity index (χ4n) is 5.33. The van der Waals surface area contributed by atoms with Crippen LogP contribution in [0, 0.1) is 5.82 Å². The third-order valence-corrected chi connectivity index (χ3v) is 7.51. The van der Waals surface area contributed by atoms with Crippen molar-refractivity contribution in [2.24, 2.45) is 0 Å². The molecule has 2 N–H and O–H groups in total. The number of para-hydroxylation sites is 1. The smallest absolute Gasteiger partial charge is 0.245 e. The van der Waals surface area contributed by atoms with E-state index in [2.05, 4.69) is 11.6 Å². The molecule has 1 saturated heterocycles. The molecule has 8 heteroatoms. The van der Waals surface area contributed by atoms with Crippen LogP contribution >= 0.6 is 0 Å². The molecule has 3 heterocycles. The maximum absolute atomic E-state index is 13.5. The van der Waals surface area contributed by atoms with E-state index in [4.69, 9.17) is 15.6 Å². The molecule has 1 aliphatic rings. The Labute approximate surface area is 243 Å². The van der Waals surface area contributed by atoms with Crippen LogP contribution in [0.5, 0.6) is 11.5 Å². The topological polar surface area (TPSA) is 86.3 Å². The molecule has 1 fully saturated rings. The highest BCUT2D eigenvalue weighted by atomic mass is 19.1. The minimum absolute atomic E-state index is 0.0515. The summed E-state index contributed by atoms with van der Waals surface area (Å²) in [7, 11) is 0. The van der Waals surface area contributed by atoms with Crippen molar-refractivity contribution in [3.05, 3.63) is 115 Å². The van der Waals surface area contributed by atoms with Crippen LogP contribution in [0.25, 0.3) is 34.3 Å². The van der Waals surface area contributed by atoms with Gasteiger partial charge >= 0.3 is 0 Å². The lowest BCUT2D eigenvalue weighted by Gasteiger charge is -2.32. The number of halogens is 1. The Hall–Kier alpha value is -5.24. The number of amides is 1. The number of pyridine rings is 1. The van der Waals surface area contributed by atoms with Gasteiger partial charge in [-0.2, -0.15) is 5.10 Å². The third-order valence-electron chi connectivity index (χ3n) is 7.51. The van der Waals surface area contributed by atoms with E-state index >= 15 is 0 Å². The quantitative estimate of drug-likeness (QED) is 0.214. The van der Waals surface area contributed by atoms with E-state index in [9.17, 15) is 9.18 Å². The van der Waals surface area contributed by atoms with Crippen molar-refractivity contribution >= 4 is 34.8 Å². The largest absolute Gasteiger partial charge is 0.457 e. The summed E-state index contributed by atoms with van der Waals surface area (Å²) in [5.74, 6) is 1.50. The molecule has 1 aliphatic heterocycles. The van der Waals surface area contributed by atoms with Crippen LogP contribution in [0.15, 0.2) is 97.7 Å². The van der Waals surface area contributed by atoms with Gasteiger partial charge < -0.3 is 15.4 Å². The highest BCUT2D eigenvalue weighted by Crippen LogP contribution is 2.38. The number of hydrogen-bond donors (Lipinski definition) is 1. The Morgan fingerprint density at radius 2 is 1.64 bits per heavy atom. The minimum atomic E-state index is -0.284. The zero-order valence-corrected chi connectivity index (χ0v) is 23.0. The second-order valence-electron chi connectivity index (χ2n) is 10.2. The number of fused-ring (bicyclic) bond motifs is 1. The number of carbonyl (C=O) groups is 1. The van der Waals surface area contributed by atoms with Crippen LogP contribution in [0.3, 0.4) is 0 Å². The molecule has 0 unspecified atom stereocenters. The predicted octanol–water partition coefficient (Wildman–Crippen LogP) is 7.13. The third kappa shape index (κ3) is 5.51. The standard InChI is InChI=1S/C34H30FN5O2/c1-2-30(41)39-20-18-27(19-21-39)40-33-25(11-8-23-9-14-26(35)15-10-23)22-37-34(36)31(33)32(38-40)24-12-16-29(17-13-24)42-28-6-4-3-5-7-28/h2-17,22,27H,1,18-21H2,(H2,36,37)/b11-8+. The molecule has 0 atom stereocenters. The van der Waals surface area contributed by atoms with Crippen LogP contribution in [0.1, 0.15) is 30.0 Å². The predicted molar refractivity (Wildman–Crippen MR) is 164 cm³/mol. The average molecular weight is 560 g/mol. The van der Waals surface area contributed by atoms with Gasteiger partial charge in [-0.3, -0.25) is 9.48 Å². The van der Waals surface area contributed by atoms with Crippen LogP contribution < -0.4 is 10.5 Å². The van der Waals surface area contributed by atoms with Crippen molar-refractivity contribution in [2.45, 2.75) is 18.9 Å². The van der Waals surface area contributed by atoms with E-state index in [0.717, 1.165) is 51.9 Å². The number of carbonyl (C=O) groups excluding carboxylic acids is 1. The van der Waals surface area contributed by atoms with Crippen LogP contribution in [0.4, 0.5) is 10.2 Å². The Balaban J connectivity index is 1.41. The van der Waals surface area contributed by atoms with Gasteiger partial charge in [0.05, 0.1) is 16.9 Å². The first-order valence-corrected chi connectivity index (χ1v) is 13.8. The number of nitrogen functional groups attached to an aromatic ring is 1. The summed E-state index contributed by atoms with van der Waals surface area (Å²) in [6.45, 7) is 4.85. The van der Waals surface area contributed by atoms with E-state index in [1.54, 1.807) is 18.3 Å². The monoisotopic (exact) mass is 559 g/mol. The molecule has 42 heavy (non-hydrogen) atoms. The van der Waals surface area contributed by atoms with E-state index in [0.29, 0.717) is 24.7 Å². The maximum atomic E-state index is 13.5. The van der Waals surface area contributed by atoms with Gasteiger partial charge in [0.25, 0.3) is 0 Å². The molecule has 0 saturated carbocycles. The molecule has 0 radical (unpaired) electrons. The number of nitrogens with two attached hydrogens (primary N) is 1. The summed E-state index contributed by atoms with van der Waals surface area (Å²) in [6.07, 6.45) is 8.46. The van der Waals surface area contributed by atoms with E-state index in [1.165, 1.54) is 18.2 Å². The van der Waals surface area contributed by atoms with Crippen LogP contribution in [0.2, 0.25) is 0 Å². The fraction of sp³-hybridized carbons (Fsp3) is 0.147. The lowest BCUT2D eigenvalue weighted by atomic mass is 10.0. The summed E-state index contributed by atoms with van der Waals surface area (Å²) < 4.78 is 21.5. The number of hydrogen-bond acceptors (Lipinski definition) is 5. The minimum Gasteiger partial charge on any atom is -0.457 e. The maximum Gasteiger partial charge on any atom is 0.245 e. The van der Waals surface area contributed by atoms with Gasteiger partial charge in [-0.25, -0.2) is 9.37 Å². The molecule has 5 aromatic rings. The van der Waals surface area contributed by atoms with Gasteiger partial charge in [0, 0.05) is 30.4 Å². The second-order valence-corrected chi connectivity index (χ2v) is 10.2. The number of anilines is 1. The number of piperidine rings is 1. The van der Waals surface area contributed by atoms with Crippen molar-refractivity contribution in [3.63, 3.8) is 0 Å². The first-order valence-electron chi connectivity index (χ1n) is 13.8. The first-order chi connectivity index (χ1) is 20.5. The Kier molecular flexibility index (Phi) is 7.51. The van der Waals surface area contributed by atoms with Crippen molar-refractivity contribution in [1.82, 2.24) is 19.7 Å². The number of ether oxygens (including phenoxy) is 1. The molecular formula is C34H30FN5O2. The summed E-state index contributed by atoms with van der Waals surface area (Å²) >= 11 is 0. The fourth-order valence-corrected chi connectivity index (χ4v) is 5.33. The molecule has 7 nitrogen and oxygen atoms in total. The number of nitrogens with zero attached hydrogens (tertiary/aromatic N) is 4. The molecule has 6 rings (SSSR count). The highest BCUT2D eigenvalue weighted by molar-refractivity contribution is 6.04. The lowest BCUT2D eigenvalue weighted by molar-refractivity contribution is -0.127. The van der Waals surface area contributed by atoms with E-state index < -0.39 is 0 Å². The van der Waals surface area contributed by atoms with Gasteiger partial charge in [-0.1, -0.05) is 49.1 Å². The summed E-state index contributed by atoms with van der Waals surface area (Å²) in [6, 6.07) is 23.7. The Bertz CT molecular complexity index is 1750. The normalized spacial score (nSPS) is 14.0. The Morgan fingerprint density at radius 1 is 0.952 bits per heavy atom. The second kappa shape index (κ2) is 11.7. The number of rotatable bonds is 7. The van der Waals surface area contributed by atoms with E-state index in [1.807, 2.05) is 76.3 Å². The summed E-state index contributed by atoms with van der Waals surface area (Å²) in [5, 5.41) is 5.89. The number of benzene rings is 3. The molecule has 210 valence electrons. The SMILES string of the molecule is C=CC(=O)N1CCC(n2nc(-c3ccc(Oc4ccccc4)cc3)c3c(N)ncc(/C=C/c4ccc(F)cc4)c32)CC1. The summed E-state index contributed by atoms with van der Waals surface area (Å²) in [5.41, 5.74) is 10.7. The van der Waals surface area contributed by atoms with Gasteiger partial charge in [0.1, 0.15) is 28.8 Å². The molecule has 3 aromatic carbocycles. The van der Waals surface area contributed by atoms with Crippen LogP contribution in [-0.4, -0.2) is 38.7 Å². The van der Waals surface area contributed by atoms with Crippen molar-refractivity contribution in [3.8, 4) is 22.8 Å². The molecule has 0 bridgehead atoms. The lowest BCUT2D eigenvalue weighted by Crippen LogP contribution is -2.38. The van der Waals surface area contributed by atoms with Crippen molar-refractivity contribution in [1.29, 1.82) is 0 Å². The van der Waals surface area contributed by atoms with E-state index in [-0.39, 0.29) is 17.8 Å². The molecular weight excluding hydrogens is 529 g/mol. The molecule has 0 spiro atoms. The van der Waals surface area contributed by atoms with Crippen molar-refractivity contribution in [2.75, 3.05) is 18.8 Å². The molecule has 2 aromatic heterocycles.